The summed E-state index contributed by atoms with van der Waals surface area (Å²) in [7, 11) is 0. The molecular formula is C26H36N2O3. The Balaban J connectivity index is 1.68. The first-order valence-electron chi connectivity index (χ1n) is 12.2. The number of carbonyl (C=O) groups is 2. The van der Waals surface area contributed by atoms with Gasteiger partial charge in [0.05, 0.1) is 12.2 Å². The number of piperidine rings is 1. The van der Waals surface area contributed by atoms with Crippen LogP contribution < -0.4 is 4.74 Å². The molecule has 0 aromatic heterocycles. The lowest BCUT2D eigenvalue weighted by molar-refractivity contribution is -0.140. The van der Waals surface area contributed by atoms with Crippen molar-refractivity contribution >= 4 is 17.4 Å². The second-order valence-corrected chi connectivity index (χ2v) is 9.33. The number of imide groups is 1. The molecule has 0 spiro atoms. The molecule has 0 N–H and O–H groups in total. The summed E-state index contributed by atoms with van der Waals surface area (Å²) in [5.41, 5.74) is 2.04. The summed E-state index contributed by atoms with van der Waals surface area (Å²) in [5.74, 6) is 1.27. The minimum Gasteiger partial charge on any atom is -0.494 e. The van der Waals surface area contributed by atoms with Crippen LogP contribution in [0.4, 0.5) is 0 Å². The van der Waals surface area contributed by atoms with Crippen molar-refractivity contribution in [3.05, 3.63) is 35.5 Å². The number of amides is 2. The van der Waals surface area contributed by atoms with Crippen molar-refractivity contribution in [2.24, 2.45) is 5.92 Å². The number of ether oxygens (including phenoxy) is 1. The van der Waals surface area contributed by atoms with Crippen molar-refractivity contribution in [3.63, 3.8) is 0 Å². The summed E-state index contributed by atoms with van der Waals surface area (Å²) in [6, 6.07) is 7.69. The number of rotatable bonds is 5. The molecule has 2 aliphatic heterocycles. The summed E-state index contributed by atoms with van der Waals surface area (Å²) in [6.07, 6.45) is 9.83. The molecule has 168 valence electrons. The van der Waals surface area contributed by atoms with Gasteiger partial charge in [-0.3, -0.25) is 14.5 Å². The van der Waals surface area contributed by atoms with Gasteiger partial charge in [-0.05, 0) is 56.2 Å². The second-order valence-electron chi connectivity index (χ2n) is 9.33. The largest absolute Gasteiger partial charge is 0.494 e. The number of hydrogen-bond donors (Lipinski definition) is 0. The number of carbonyl (C=O) groups excluding carboxylic acids is 2. The highest BCUT2D eigenvalue weighted by atomic mass is 16.5. The van der Waals surface area contributed by atoms with Crippen LogP contribution in [0.5, 0.6) is 5.75 Å². The minimum atomic E-state index is -0.103. The molecule has 2 heterocycles. The topological polar surface area (TPSA) is 49.9 Å². The monoisotopic (exact) mass is 424 g/mol. The van der Waals surface area contributed by atoms with Crippen LogP contribution in [0.25, 0.3) is 5.57 Å². The predicted molar refractivity (Wildman–Crippen MR) is 122 cm³/mol. The maximum atomic E-state index is 13.7. The fourth-order valence-electron chi connectivity index (χ4n) is 5.23. The maximum Gasteiger partial charge on any atom is 0.278 e. The smallest absolute Gasteiger partial charge is 0.278 e. The standard InChI is InChI=1S/C26H36N2O3/c1-3-31-22-13-11-20(12-14-22)23-24(27-17-15-19(2)16-18-27)26(30)28(25(23)29)21-9-7-5-4-6-8-10-21/h11-14,19,21H,3-10,15-18H2,1-2H3. The SMILES string of the molecule is CCOc1ccc(C2=C(N3CCC(C)CC3)C(=O)N(C3CCCCCCC3)C2=O)cc1. The summed E-state index contributed by atoms with van der Waals surface area (Å²) in [6.45, 7) is 6.51. The fraction of sp³-hybridized carbons (Fsp3) is 0.615. The van der Waals surface area contributed by atoms with Crippen molar-refractivity contribution in [1.29, 1.82) is 0 Å². The minimum absolute atomic E-state index is 0.0270. The Labute approximate surface area is 186 Å². The molecule has 31 heavy (non-hydrogen) atoms. The molecule has 1 aromatic carbocycles. The number of nitrogens with zero attached hydrogens (tertiary/aromatic N) is 2. The van der Waals surface area contributed by atoms with Gasteiger partial charge in [-0.2, -0.15) is 0 Å². The first kappa shape index (κ1) is 21.9. The van der Waals surface area contributed by atoms with E-state index < -0.39 is 0 Å². The van der Waals surface area contributed by atoms with E-state index in [2.05, 4.69) is 11.8 Å². The van der Waals surface area contributed by atoms with Crippen molar-refractivity contribution in [2.45, 2.75) is 77.7 Å². The molecular weight excluding hydrogens is 388 g/mol. The highest BCUT2D eigenvalue weighted by Crippen LogP contribution is 2.37. The van der Waals surface area contributed by atoms with Gasteiger partial charge in [0.2, 0.25) is 0 Å². The first-order valence-corrected chi connectivity index (χ1v) is 12.2. The Hall–Kier alpha value is -2.30. The molecule has 4 rings (SSSR count). The lowest BCUT2D eigenvalue weighted by Crippen LogP contribution is -2.43. The van der Waals surface area contributed by atoms with E-state index in [1.165, 1.54) is 19.3 Å². The van der Waals surface area contributed by atoms with E-state index in [9.17, 15) is 9.59 Å². The average Bonchev–Trinajstić information content (AvgIpc) is 3.00. The summed E-state index contributed by atoms with van der Waals surface area (Å²) in [4.78, 5) is 31.3. The van der Waals surface area contributed by atoms with Gasteiger partial charge in [-0.25, -0.2) is 0 Å². The quantitative estimate of drug-likeness (QED) is 0.624. The normalized spacial score (nSPS) is 22.1. The van der Waals surface area contributed by atoms with E-state index in [0.717, 1.165) is 62.9 Å². The van der Waals surface area contributed by atoms with Gasteiger partial charge in [0.25, 0.3) is 11.8 Å². The van der Waals surface area contributed by atoms with Crippen LogP contribution in [0.2, 0.25) is 0 Å². The van der Waals surface area contributed by atoms with Crippen LogP contribution in [0, 0.1) is 5.92 Å². The van der Waals surface area contributed by atoms with Gasteiger partial charge in [0, 0.05) is 19.1 Å². The van der Waals surface area contributed by atoms with Gasteiger partial charge in [0.15, 0.2) is 0 Å². The molecule has 1 aromatic rings. The Morgan fingerprint density at radius 3 is 2.10 bits per heavy atom. The molecule has 1 saturated heterocycles. The van der Waals surface area contributed by atoms with Crippen molar-refractivity contribution in [1.82, 2.24) is 9.80 Å². The van der Waals surface area contributed by atoms with E-state index in [1.54, 1.807) is 4.90 Å². The fourth-order valence-corrected chi connectivity index (χ4v) is 5.23. The number of hydrogen-bond acceptors (Lipinski definition) is 4. The van der Waals surface area contributed by atoms with Gasteiger partial charge in [-0.1, -0.05) is 51.2 Å². The Kier molecular flexibility index (Phi) is 6.99. The van der Waals surface area contributed by atoms with Gasteiger partial charge in [-0.15, -0.1) is 0 Å². The van der Waals surface area contributed by atoms with E-state index in [1.807, 2.05) is 31.2 Å². The Bertz CT molecular complexity index is 814. The van der Waals surface area contributed by atoms with Crippen LogP contribution >= 0.6 is 0 Å². The number of benzene rings is 1. The van der Waals surface area contributed by atoms with Gasteiger partial charge in [0.1, 0.15) is 11.4 Å². The molecule has 3 aliphatic rings. The predicted octanol–water partition coefficient (Wildman–Crippen LogP) is 5.01. The summed E-state index contributed by atoms with van der Waals surface area (Å²) < 4.78 is 5.58. The molecule has 0 bridgehead atoms. The highest BCUT2D eigenvalue weighted by molar-refractivity contribution is 6.35. The molecule has 2 fully saturated rings. The highest BCUT2D eigenvalue weighted by Gasteiger charge is 2.44. The van der Waals surface area contributed by atoms with Crippen molar-refractivity contribution in [2.75, 3.05) is 19.7 Å². The Morgan fingerprint density at radius 1 is 0.871 bits per heavy atom. The van der Waals surface area contributed by atoms with Crippen LogP contribution in [0.1, 0.15) is 77.2 Å². The average molecular weight is 425 g/mol. The molecule has 5 heteroatoms. The summed E-state index contributed by atoms with van der Waals surface area (Å²) >= 11 is 0. The van der Waals surface area contributed by atoms with E-state index in [4.69, 9.17) is 4.74 Å². The zero-order valence-electron chi connectivity index (χ0n) is 19.1. The number of likely N-dealkylation sites (tertiary alicyclic amines) is 1. The lowest BCUT2D eigenvalue weighted by atomic mass is 9.95. The second kappa shape index (κ2) is 9.88. The van der Waals surface area contributed by atoms with Crippen LogP contribution in [-0.2, 0) is 9.59 Å². The maximum absolute atomic E-state index is 13.7. The molecule has 2 amide bonds. The third-order valence-electron chi connectivity index (χ3n) is 7.08. The van der Waals surface area contributed by atoms with Crippen molar-refractivity contribution < 1.29 is 14.3 Å². The molecule has 0 unspecified atom stereocenters. The van der Waals surface area contributed by atoms with Gasteiger partial charge >= 0.3 is 0 Å². The summed E-state index contributed by atoms with van der Waals surface area (Å²) in [5, 5.41) is 0. The van der Waals surface area contributed by atoms with E-state index >= 15 is 0 Å². The molecule has 5 nitrogen and oxygen atoms in total. The third kappa shape index (κ3) is 4.65. The van der Waals surface area contributed by atoms with Gasteiger partial charge < -0.3 is 9.64 Å². The zero-order chi connectivity index (χ0) is 21.8. The molecule has 0 radical (unpaired) electrons. The first-order chi connectivity index (χ1) is 15.1. The zero-order valence-corrected chi connectivity index (χ0v) is 19.1. The molecule has 1 saturated carbocycles. The van der Waals surface area contributed by atoms with Crippen LogP contribution in [-0.4, -0.2) is 47.4 Å². The molecule has 1 aliphatic carbocycles. The van der Waals surface area contributed by atoms with Crippen molar-refractivity contribution in [3.8, 4) is 5.75 Å². The lowest BCUT2D eigenvalue weighted by Gasteiger charge is -2.33. The third-order valence-corrected chi connectivity index (χ3v) is 7.08. The van der Waals surface area contributed by atoms with Crippen LogP contribution in [0.15, 0.2) is 30.0 Å². The van der Waals surface area contributed by atoms with E-state index in [0.29, 0.717) is 23.8 Å². The Morgan fingerprint density at radius 2 is 1.48 bits per heavy atom. The molecule has 0 atom stereocenters. The van der Waals surface area contributed by atoms with E-state index in [-0.39, 0.29) is 17.9 Å². The van der Waals surface area contributed by atoms with Crippen LogP contribution in [0.3, 0.4) is 0 Å².